The van der Waals surface area contributed by atoms with E-state index in [9.17, 15) is 13.6 Å². The molecule has 4 aromatic rings. The largest absolute Gasteiger partial charge is 0.361 e. The van der Waals surface area contributed by atoms with Gasteiger partial charge in [-0.3, -0.25) is 9.36 Å². The van der Waals surface area contributed by atoms with E-state index in [1.54, 1.807) is 41.4 Å². The standard InChI is InChI=1S/C26H27N7O3S/c1-15-21(22(18-7-8-18)30-14-29-15)23-28-12-20-25(32-23)33(13-17-3-2-4-17)26(34)24(31-20)27-11-16-5-9-19(10-6-16)37(35)36/h5-6,9-10,12,14,17-18H,2-4,7-8,11,13H2,1H3,(H,27,31)(H,35,36). The maximum atomic E-state index is 13.6. The average molecular weight is 518 g/mol. The van der Waals surface area contributed by atoms with E-state index in [1.807, 2.05) is 6.92 Å². The number of anilines is 1. The molecule has 6 rings (SSSR count). The van der Waals surface area contributed by atoms with Gasteiger partial charge >= 0.3 is 0 Å². The van der Waals surface area contributed by atoms with E-state index in [0.717, 1.165) is 48.2 Å². The molecule has 0 amide bonds. The van der Waals surface area contributed by atoms with Gasteiger partial charge in [0.15, 0.2) is 28.4 Å². The molecule has 1 unspecified atom stereocenters. The number of hydrogen-bond acceptors (Lipinski definition) is 8. The Labute approximate surface area is 215 Å². The van der Waals surface area contributed by atoms with Crippen LogP contribution in [0, 0.1) is 12.8 Å². The quantitative estimate of drug-likeness (QED) is 0.334. The molecule has 2 N–H and O–H groups in total. The Hall–Kier alpha value is -3.57. The van der Waals surface area contributed by atoms with Gasteiger partial charge in [0, 0.05) is 19.0 Å². The molecule has 1 aromatic carbocycles. The number of benzene rings is 1. The van der Waals surface area contributed by atoms with Crippen molar-refractivity contribution < 1.29 is 8.76 Å². The minimum absolute atomic E-state index is 0.222. The average Bonchev–Trinajstić information content (AvgIpc) is 3.71. The molecule has 37 heavy (non-hydrogen) atoms. The molecule has 3 heterocycles. The molecule has 190 valence electrons. The molecule has 0 bridgehead atoms. The SMILES string of the molecule is Cc1ncnc(C2CC2)c1-c1ncc2nc(NCc3ccc(S(=O)O)cc3)c(=O)n(CC3CCC3)c2n1. The monoisotopic (exact) mass is 517 g/mol. The molecule has 10 nitrogen and oxygen atoms in total. The molecule has 1 atom stereocenters. The number of nitrogens with zero attached hydrogens (tertiary/aromatic N) is 6. The van der Waals surface area contributed by atoms with Crippen LogP contribution in [0.5, 0.6) is 0 Å². The molecule has 3 aromatic heterocycles. The molecule has 2 saturated carbocycles. The summed E-state index contributed by atoms with van der Waals surface area (Å²) in [5.74, 6) is 1.60. The second-order valence-corrected chi connectivity index (χ2v) is 10.8. The summed E-state index contributed by atoms with van der Waals surface area (Å²) in [7, 11) is 0. The molecule has 0 spiro atoms. The lowest BCUT2D eigenvalue weighted by Crippen LogP contribution is -2.30. The van der Waals surface area contributed by atoms with Gasteiger partial charge in [-0.05, 0) is 56.2 Å². The first-order chi connectivity index (χ1) is 18.0. The van der Waals surface area contributed by atoms with E-state index in [-0.39, 0.29) is 11.4 Å². The molecule has 2 fully saturated rings. The smallest absolute Gasteiger partial charge is 0.294 e. The van der Waals surface area contributed by atoms with Crippen LogP contribution >= 0.6 is 0 Å². The third-order valence-electron chi connectivity index (χ3n) is 7.19. The fourth-order valence-electron chi connectivity index (χ4n) is 4.72. The number of hydrogen-bond donors (Lipinski definition) is 2. The van der Waals surface area contributed by atoms with Gasteiger partial charge in [0.05, 0.1) is 28.0 Å². The van der Waals surface area contributed by atoms with E-state index in [1.165, 1.54) is 6.42 Å². The van der Waals surface area contributed by atoms with Crippen molar-refractivity contribution in [3.05, 3.63) is 64.1 Å². The Morgan fingerprint density at radius 3 is 2.54 bits per heavy atom. The number of aromatic nitrogens is 6. The van der Waals surface area contributed by atoms with Gasteiger partial charge in [-0.25, -0.2) is 29.1 Å². The van der Waals surface area contributed by atoms with Crippen molar-refractivity contribution in [2.75, 3.05) is 5.32 Å². The van der Waals surface area contributed by atoms with Crippen LogP contribution in [0.25, 0.3) is 22.6 Å². The summed E-state index contributed by atoms with van der Waals surface area (Å²) in [5, 5.41) is 3.15. The van der Waals surface area contributed by atoms with Crippen molar-refractivity contribution in [1.82, 2.24) is 29.5 Å². The van der Waals surface area contributed by atoms with Gasteiger partial charge in [0.1, 0.15) is 11.8 Å². The third-order valence-corrected chi connectivity index (χ3v) is 7.87. The molecule has 2 aliphatic carbocycles. The summed E-state index contributed by atoms with van der Waals surface area (Å²) >= 11 is -2.03. The first-order valence-corrected chi connectivity index (χ1v) is 13.6. The Balaban J connectivity index is 1.39. The fraction of sp³-hybridized carbons (Fsp3) is 0.385. The first kappa shape index (κ1) is 23.8. The highest BCUT2D eigenvalue weighted by Crippen LogP contribution is 2.43. The zero-order valence-electron chi connectivity index (χ0n) is 20.4. The predicted molar refractivity (Wildman–Crippen MR) is 139 cm³/mol. The first-order valence-electron chi connectivity index (χ1n) is 12.5. The van der Waals surface area contributed by atoms with Crippen molar-refractivity contribution in [2.45, 2.75) is 62.9 Å². The van der Waals surface area contributed by atoms with Crippen molar-refractivity contribution in [2.24, 2.45) is 5.92 Å². The normalized spacial score (nSPS) is 16.5. The summed E-state index contributed by atoms with van der Waals surface area (Å²) in [6, 6.07) is 6.69. The lowest BCUT2D eigenvalue weighted by molar-refractivity contribution is 0.276. The molecular formula is C26H27N7O3S. The molecular weight excluding hydrogens is 490 g/mol. The van der Waals surface area contributed by atoms with Crippen LogP contribution in [0.4, 0.5) is 5.82 Å². The minimum Gasteiger partial charge on any atom is -0.361 e. The lowest BCUT2D eigenvalue weighted by atomic mass is 9.85. The van der Waals surface area contributed by atoms with Crippen LogP contribution in [0.3, 0.4) is 0 Å². The second kappa shape index (κ2) is 9.71. The highest BCUT2D eigenvalue weighted by Gasteiger charge is 2.30. The number of fused-ring (bicyclic) bond motifs is 1. The van der Waals surface area contributed by atoms with E-state index >= 15 is 0 Å². The highest BCUT2D eigenvalue weighted by atomic mass is 32.2. The van der Waals surface area contributed by atoms with E-state index in [2.05, 4.69) is 25.3 Å². The van der Waals surface area contributed by atoms with Crippen LogP contribution in [0.15, 0.2) is 46.5 Å². The lowest BCUT2D eigenvalue weighted by Gasteiger charge is -2.26. The highest BCUT2D eigenvalue weighted by molar-refractivity contribution is 7.79. The van der Waals surface area contributed by atoms with Gasteiger partial charge in [-0.15, -0.1) is 0 Å². The van der Waals surface area contributed by atoms with Crippen molar-refractivity contribution >= 4 is 28.1 Å². The zero-order chi connectivity index (χ0) is 25.5. The maximum absolute atomic E-state index is 13.6. The number of nitrogens with one attached hydrogen (secondary N) is 1. The summed E-state index contributed by atoms with van der Waals surface area (Å²) < 4.78 is 22.2. The van der Waals surface area contributed by atoms with Crippen molar-refractivity contribution in [3.63, 3.8) is 0 Å². The summed E-state index contributed by atoms with van der Waals surface area (Å²) in [6.45, 7) is 2.87. The van der Waals surface area contributed by atoms with Crippen LogP contribution in [-0.2, 0) is 24.2 Å². The third kappa shape index (κ3) is 4.76. The van der Waals surface area contributed by atoms with E-state index < -0.39 is 11.1 Å². The molecule has 0 aliphatic heterocycles. The minimum atomic E-state index is -2.03. The number of aryl methyl sites for hydroxylation is 1. The number of rotatable bonds is 8. The maximum Gasteiger partial charge on any atom is 0.294 e. The molecule has 0 radical (unpaired) electrons. The zero-order valence-corrected chi connectivity index (χ0v) is 21.2. The van der Waals surface area contributed by atoms with Crippen molar-refractivity contribution in [3.8, 4) is 11.4 Å². The molecule has 0 saturated heterocycles. The Bertz CT molecular complexity index is 1560. The van der Waals surface area contributed by atoms with Gasteiger partial charge in [0.25, 0.3) is 5.56 Å². The van der Waals surface area contributed by atoms with E-state index in [4.69, 9.17) is 4.98 Å². The van der Waals surface area contributed by atoms with Gasteiger partial charge < -0.3 is 9.87 Å². The summed E-state index contributed by atoms with van der Waals surface area (Å²) in [5.41, 5.74) is 4.35. The van der Waals surface area contributed by atoms with E-state index in [0.29, 0.717) is 46.8 Å². The Morgan fingerprint density at radius 1 is 1.08 bits per heavy atom. The fourth-order valence-corrected chi connectivity index (χ4v) is 5.09. The Morgan fingerprint density at radius 2 is 1.86 bits per heavy atom. The van der Waals surface area contributed by atoms with Crippen LogP contribution in [0.1, 0.15) is 55.0 Å². The molecule has 2 aliphatic rings. The topological polar surface area (TPSA) is 136 Å². The Kier molecular flexibility index (Phi) is 6.25. The van der Waals surface area contributed by atoms with Crippen molar-refractivity contribution in [1.29, 1.82) is 0 Å². The predicted octanol–water partition coefficient (Wildman–Crippen LogP) is 3.82. The van der Waals surface area contributed by atoms with Crippen LogP contribution in [0.2, 0.25) is 0 Å². The molecule has 11 heteroatoms. The second-order valence-electron chi connectivity index (χ2n) is 9.82. The van der Waals surface area contributed by atoms with Gasteiger partial charge in [-0.1, -0.05) is 18.6 Å². The summed E-state index contributed by atoms with van der Waals surface area (Å²) in [6.07, 6.45) is 8.82. The summed E-state index contributed by atoms with van der Waals surface area (Å²) in [4.78, 5) is 36.9. The van der Waals surface area contributed by atoms with Gasteiger partial charge in [0.2, 0.25) is 0 Å². The van der Waals surface area contributed by atoms with Gasteiger partial charge in [-0.2, -0.15) is 0 Å². The van der Waals surface area contributed by atoms with Crippen LogP contribution in [-0.4, -0.2) is 38.2 Å². The van der Waals surface area contributed by atoms with Crippen LogP contribution < -0.4 is 10.9 Å².